The van der Waals surface area contributed by atoms with Crippen molar-refractivity contribution in [2.24, 2.45) is 0 Å². The van der Waals surface area contributed by atoms with Crippen LogP contribution in [0.25, 0.3) is 0 Å². The number of hydrogen-bond acceptors (Lipinski definition) is 5. The second-order valence-electron chi connectivity index (χ2n) is 5.33. The zero-order valence-corrected chi connectivity index (χ0v) is 12.2. The average Bonchev–Trinajstić information content (AvgIpc) is 2.27. The van der Waals surface area contributed by atoms with Gasteiger partial charge in [0.2, 0.25) is 0 Å². The topological polar surface area (TPSA) is 59.1 Å². The van der Waals surface area contributed by atoms with Crippen LogP contribution in [-0.2, 0) is 4.74 Å². The Hall–Kier alpha value is -1.36. The summed E-state index contributed by atoms with van der Waals surface area (Å²) in [4.78, 5) is 8.62. The summed E-state index contributed by atoms with van der Waals surface area (Å²) in [5.74, 6) is 2.08. The molecule has 0 aliphatic carbocycles. The van der Waals surface area contributed by atoms with Gasteiger partial charge in [-0.05, 0) is 19.8 Å². The number of methoxy groups -OCH3 is 1. The van der Waals surface area contributed by atoms with Crippen LogP contribution in [-0.4, -0.2) is 36.3 Å². The molecule has 0 aliphatic rings. The molecule has 1 aromatic heterocycles. The van der Waals surface area contributed by atoms with Gasteiger partial charge in [-0.25, -0.2) is 9.97 Å². The molecule has 1 aromatic rings. The highest BCUT2D eigenvalue weighted by atomic mass is 16.5. The molecule has 0 spiro atoms. The van der Waals surface area contributed by atoms with Crippen LogP contribution in [0.2, 0.25) is 0 Å². The van der Waals surface area contributed by atoms with Gasteiger partial charge in [0.1, 0.15) is 18.0 Å². The summed E-state index contributed by atoms with van der Waals surface area (Å²) in [5, 5.41) is 6.54. The van der Waals surface area contributed by atoms with E-state index in [1.54, 1.807) is 13.4 Å². The van der Waals surface area contributed by atoms with E-state index in [0.29, 0.717) is 12.5 Å². The van der Waals surface area contributed by atoms with Crippen molar-refractivity contribution >= 4 is 11.6 Å². The molecular formula is C13H24N4O. The van der Waals surface area contributed by atoms with E-state index >= 15 is 0 Å². The first-order valence-corrected chi connectivity index (χ1v) is 6.21. The Morgan fingerprint density at radius 2 is 1.89 bits per heavy atom. The lowest BCUT2D eigenvalue weighted by Gasteiger charge is -2.28. The molecule has 0 fully saturated rings. The lowest BCUT2D eigenvalue weighted by Crippen LogP contribution is -2.36. The molecule has 0 aromatic carbocycles. The number of hydrogen-bond donors (Lipinski definition) is 2. The minimum Gasteiger partial charge on any atom is -0.382 e. The molecule has 0 saturated carbocycles. The van der Waals surface area contributed by atoms with Crippen LogP contribution in [0.5, 0.6) is 0 Å². The third-order valence-corrected chi connectivity index (χ3v) is 2.66. The van der Waals surface area contributed by atoms with Crippen LogP contribution in [0.15, 0.2) is 6.33 Å². The third-order valence-electron chi connectivity index (χ3n) is 2.66. The van der Waals surface area contributed by atoms with Gasteiger partial charge in [-0.1, -0.05) is 13.8 Å². The maximum Gasteiger partial charge on any atom is 0.135 e. The van der Waals surface area contributed by atoms with Gasteiger partial charge in [0.15, 0.2) is 0 Å². The Bertz CT molecular complexity index is 391. The Balaban J connectivity index is 3.08. The predicted octanol–water partition coefficient (Wildman–Crippen LogP) is 2.48. The zero-order valence-electron chi connectivity index (χ0n) is 12.2. The van der Waals surface area contributed by atoms with Crippen LogP contribution in [0.3, 0.4) is 0 Å². The normalized spacial score (nSPS) is 11.7. The molecule has 0 amide bonds. The van der Waals surface area contributed by atoms with Gasteiger partial charge in [-0.2, -0.15) is 0 Å². The standard InChI is InChI=1S/C13H24N4O/c1-9(2)10-11(14-5)15-8-16-12(10)17-13(3,4)7-18-6/h8-9H,7H2,1-6H3,(H2,14,15,16,17). The second kappa shape index (κ2) is 6.00. The summed E-state index contributed by atoms with van der Waals surface area (Å²) in [6.07, 6.45) is 1.57. The fourth-order valence-electron chi connectivity index (χ4n) is 1.96. The zero-order chi connectivity index (χ0) is 13.8. The Kier molecular flexibility index (Phi) is 4.90. The van der Waals surface area contributed by atoms with Crippen molar-refractivity contribution in [3.63, 3.8) is 0 Å². The number of aromatic nitrogens is 2. The Labute approximate surface area is 109 Å². The predicted molar refractivity (Wildman–Crippen MR) is 75.2 cm³/mol. The van der Waals surface area contributed by atoms with E-state index in [4.69, 9.17) is 4.74 Å². The highest BCUT2D eigenvalue weighted by molar-refractivity contribution is 5.59. The van der Waals surface area contributed by atoms with Crippen molar-refractivity contribution in [2.75, 3.05) is 31.4 Å². The minimum absolute atomic E-state index is 0.169. The molecule has 0 aliphatic heterocycles. The molecule has 0 radical (unpaired) electrons. The summed E-state index contributed by atoms with van der Waals surface area (Å²) in [7, 11) is 3.57. The Morgan fingerprint density at radius 3 is 2.39 bits per heavy atom. The molecule has 102 valence electrons. The van der Waals surface area contributed by atoms with Crippen molar-refractivity contribution in [3.05, 3.63) is 11.9 Å². The molecule has 18 heavy (non-hydrogen) atoms. The maximum atomic E-state index is 5.21. The van der Waals surface area contributed by atoms with E-state index in [2.05, 4.69) is 48.3 Å². The molecule has 1 heterocycles. The third kappa shape index (κ3) is 3.57. The van der Waals surface area contributed by atoms with Crippen LogP contribution in [0.4, 0.5) is 11.6 Å². The van der Waals surface area contributed by atoms with E-state index in [1.165, 1.54) is 0 Å². The quantitative estimate of drug-likeness (QED) is 0.814. The second-order valence-corrected chi connectivity index (χ2v) is 5.33. The molecule has 0 unspecified atom stereocenters. The lowest BCUT2D eigenvalue weighted by molar-refractivity contribution is 0.158. The summed E-state index contributed by atoms with van der Waals surface area (Å²) >= 11 is 0. The first kappa shape index (κ1) is 14.7. The first-order chi connectivity index (χ1) is 8.41. The molecule has 0 bridgehead atoms. The van der Waals surface area contributed by atoms with E-state index in [1.807, 2.05) is 7.05 Å². The number of nitrogens with zero attached hydrogens (tertiary/aromatic N) is 2. The van der Waals surface area contributed by atoms with Crippen molar-refractivity contribution in [2.45, 2.75) is 39.2 Å². The number of nitrogens with one attached hydrogen (secondary N) is 2. The first-order valence-electron chi connectivity index (χ1n) is 6.21. The van der Waals surface area contributed by atoms with Gasteiger partial charge in [-0.3, -0.25) is 0 Å². The van der Waals surface area contributed by atoms with Gasteiger partial charge in [0, 0.05) is 19.7 Å². The average molecular weight is 252 g/mol. The van der Waals surface area contributed by atoms with E-state index in [0.717, 1.165) is 17.2 Å². The van der Waals surface area contributed by atoms with Crippen molar-refractivity contribution in [3.8, 4) is 0 Å². The summed E-state index contributed by atoms with van der Waals surface area (Å²) in [5.41, 5.74) is 0.932. The van der Waals surface area contributed by atoms with Gasteiger partial charge in [-0.15, -0.1) is 0 Å². The molecule has 0 saturated heterocycles. The SMILES string of the molecule is CNc1ncnc(NC(C)(C)COC)c1C(C)C. The monoisotopic (exact) mass is 252 g/mol. The highest BCUT2D eigenvalue weighted by Crippen LogP contribution is 2.29. The molecule has 5 nitrogen and oxygen atoms in total. The summed E-state index contributed by atoms with van der Waals surface area (Å²) < 4.78 is 5.21. The maximum absolute atomic E-state index is 5.21. The van der Waals surface area contributed by atoms with Crippen molar-refractivity contribution in [1.82, 2.24) is 9.97 Å². The molecule has 0 atom stereocenters. The van der Waals surface area contributed by atoms with E-state index in [9.17, 15) is 0 Å². The smallest absolute Gasteiger partial charge is 0.135 e. The van der Waals surface area contributed by atoms with Crippen LogP contribution in [0.1, 0.15) is 39.2 Å². The molecular weight excluding hydrogens is 228 g/mol. The largest absolute Gasteiger partial charge is 0.382 e. The number of anilines is 2. The van der Waals surface area contributed by atoms with Gasteiger partial charge >= 0.3 is 0 Å². The number of rotatable bonds is 6. The minimum atomic E-state index is -0.169. The summed E-state index contributed by atoms with van der Waals surface area (Å²) in [6, 6.07) is 0. The van der Waals surface area contributed by atoms with Gasteiger partial charge in [0.25, 0.3) is 0 Å². The van der Waals surface area contributed by atoms with Gasteiger partial charge < -0.3 is 15.4 Å². The van der Waals surface area contributed by atoms with E-state index in [-0.39, 0.29) is 5.54 Å². The van der Waals surface area contributed by atoms with Crippen LogP contribution < -0.4 is 10.6 Å². The Morgan fingerprint density at radius 1 is 1.28 bits per heavy atom. The van der Waals surface area contributed by atoms with E-state index < -0.39 is 0 Å². The van der Waals surface area contributed by atoms with Crippen molar-refractivity contribution in [1.29, 1.82) is 0 Å². The van der Waals surface area contributed by atoms with Gasteiger partial charge in [0.05, 0.1) is 12.1 Å². The fourth-order valence-corrected chi connectivity index (χ4v) is 1.96. The molecule has 2 N–H and O–H groups in total. The summed E-state index contributed by atoms with van der Waals surface area (Å²) in [6.45, 7) is 9.05. The fraction of sp³-hybridized carbons (Fsp3) is 0.692. The highest BCUT2D eigenvalue weighted by Gasteiger charge is 2.22. The number of ether oxygens (including phenoxy) is 1. The molecule has 5 heteroatoms. The van der Waals surface area contributed by atoms with Crippen LogP contribution >= 0.6 is 0 Å². The molecule has 1 rings (SSSR count). The van der Waals surface area contributed by atoms with Crippen molar-refractivity contribution < 1.29 is 4.74 Å². The lowest BCUT2D eigenvalue weighted by atomic mass is 10.0. The van der Waals surface area contributed by atoms with Crippen LogP contribution in [0, 0.1) is 0 Å².